The van der Waals surface area contributed by atoms with E-state index >= 15 is 0 Å². The van der Waals surface area contributed by atoms with E-state index in [2.05, 4.69) is 4.98 Å². The quantitative estimate of drug-likeness (QED) is 0.682. The molecule has 0 saturated heterocycles. The van der Waals surface area contributed by atoms with Crippen LogP contribution in [-0.2, 0) is 0 Å². The lowest BCUT2D eigenvalue weighted by molar-refractivity contribution is 0.458. The maximum Gasteiger partial charge on any atom is 0.219 e. The molecule has 0 saturated carbocycles. The predicted molar refractivity (Wildman–Crippen MR) is 70.5 cm³/mol. The van der Waals surface area contributed by atoms with E-state index in [1.54, 1.807) is 24.3 Å². The molecule has 0 radical (unpaired) electrons. The zero-order chi connectivity index (χ0) is 12.5. The fraction of sp³-hybridized carbons (Fsp3) is 0. The van der Waals surface area contributed by atoms with E-state index in [1.165, 1.54) is 0 Å². The zero-order valence-corrected chi connectivity index (χ0v) is 9.54. The second-order valence-corrected chi connectivity index (χ2v) is 4.10. The lowest BCUT2D eigenvalue weighted by atomic mass is 10.0. The van der Waals surface area contributed by atoms with Gasteiger partial charge in [0.1, 0.15) is 5.75 Å². The Balaban J connectivity index is 2.22. The molecule has 88 valence electrons. The van der Waals surface area contributed by atoms with Crippen LogP contribution in [0.5, 0.6) is 11.6 Å². The average molecular weight is 237 g/mol. The maximum absolute atomic E-state index is 9.96. The first kappa shape index (κ1) is 10.6. The van der Waals surface area contributed by atoms with Gasteiger partial charge in [-0.2, -0.15) is 0 Å². The van der Waals surface area contributed by atoms with E-state index in [0.29, 0.717) is 5.56 Å². The Morgan fingerprint density at radius 2 is 1.56 bits per heavy atom. The van der Waals surface area contributed by atoms with Crippen LogP contribution in [0.4, 0.5) is 0 Å². The Hall–Kier alpha value is -2.55. The standard InChI is InChI=1S/C15H11NO2/c17-12-7-5-10(6-8-12)13-9-11-3-1-2-4-14(11)16-15(13)18/h1-9,17H,(H,16,18). The Labute approximate surface area is 104 Å². The molecule has 3 nitrogen and oxygen atoms in total. The molecule has 0 aliphatic heterocycles. The SMILES string of the molecule is Oc1ccc(-c2cc3ccccc3nc2O)cc1. The van der Waals surface area contributed by atoms with Crippen molar-refractivity contribution in [3.63, 3.8) is 0 Å². The van der Waals surface area contributed by atoms with Gasteiger partial charge in [-0.1, -0.05) is 30.3 Å². The number of aromatic hydroxyl groups is 2. The van der Waals surface area contributed by atoms with Crippen LogP contribution in [0, 0.1) is 0 Å². The molecule has 3 aromatic rings. The number of phenols is 1. The Bertz CT molecular complexity index is 705. The molecule has 0 aliphatic rings. The first-order valence-corrected chi connectivity index (χ1v) is 5.62. The Morgan fingerprint density at radius 1 is 0.833 bits per heavy atom. The number of hydrogen-bond acceptors (Lipinski definition) is 3. The molecular weight excluding hydrogens is 226 g/mol. The molecule has 0 unspecified atom stereocenters. The third-order valence-corrected chi connectivity index (χ3v) is 2.88. The molecule has 2 aromatic carbocycles. The number of rotatable bonds is 1. The van der Waals surface area contributed by atoms with Crippen LogP contribution in [0.3, 0.4) is 0 Å². The van der Waals surface area contributed by atoms with Crippen LogP contribution in [0.25, 0.3) is 22.0 Å². The molecule has 0 atom stereocenters. The summed E-state index contributed by atoms with van der Waals surface area (Å²) in [4.78, 5) is 4.17. The van der Waals surface area contributed by atoms with Crippen LogP contribution in [0.2, 0.25) is 0 Å². The summed E-state index contributed by atoms with van der Waals surface area (Å²) in [6.07, 6.45) is 0. The summed E-state index contributed by atoms with van der Waals surface area (Å²) in [5.74, 6) is 0.200. The Morgan fingerprint density at radius 3 is 2.33 bits per heavy atom. The van der Waals surface area contributed by atoms with E-state index in [4.69, 9.17) is 0 Å². The first-order valence-electron chi connectivity index (χ1n) is 5.62. The van der Waals surface area contributed by atoms with Crippen LogP contribution in [0.1, 0.15) is 0 Å². The smallest absolute Gasteiger partial charge is 0.219 e. The molecule has 1 aromatic heterocycles. The van der Waals surface area contributed by atoms with Gasteiger partial charge in [0.25, 0.3) is 0 Å². The highest BCUT2D eigenvalue weighted by Gasteiger charge is 2.07. The molecule has 3 rings (SSSR count). The van der Waals surface area contributed by atoms with Gasteiger partial charge >= 0.3 is 0 Å². The third-order valence-electron chi connectivity index (χ3n) is 2.88. The second-order valence-electron chi connectivity index (χ2n) is 4.10. The Kier molecular flexibility index (Phi) is 2.38. The number of aromatic nitrogens is 1. The number of pyridine rings is 1. The zero-order valence-electron chi connectivity index (χ0n) is 9.54. The summed E-state index contributed by atoms with van der Waals surface area (Å²) < 4.78 is 0. The largest absolute Gasteiger partial charge is 0.508 e. The number of phenolic OH excluding ortho intramolecular Hbond substituents is 1. The number of benzene rings is 2. The summed E-state index contributed by atoms with van der Waals surface area (Å²) in [7, 11) is 0. The summed E-state index contributed by atoms with van der Waals surface area (Å²) in [6, 6.07) is 16.2. The van der Waals surface area contributed by atoms with Gasteiger partial charge in [-0.05, 0) is 29.8 Å². The van der Waals surface area contributed by atoms with Gasteiger partial charge in [0, 0.05) is 10.9 Å². The summed E-state index contributed by atoms with van der Waals surface area (Å²) >= 11 is 0. The van der Waals surface area contributed by atoms with Gasteiger partial charge in [-0.3, -0.25) is 0 Å². The predicted octanol–water partition coefficient (Wildman–Crippen LogP) is 3.31. The normalized spacial score (nSPS) is 10.7. The van der Waals surface area contributed by atoms with Gasteiger partial charge < -0.3 is 10.2 Å². The average Bonchev–Trinajstić information content (AvgIpc) is 2.39. The molecule has 0 amide bonds. The van der Waals surface area contributed by atoms with Crippen molar-refractivity contribution in [1.29, 1.82) is 0 Å². The van der Waals surface area contributed by atoms with Gasteiger partial charge in [-0.25, -0.2) is 4.98 Å². The molecular formula is C15H11NO2. The molecule has 0 bridgehead atoms. The number of para-hydroxylation sites is 1. The molecule has 3 heteroatoms. The van der Waals surface area contributed by atoms with E-state index in [9.17, 15) is 10.2 Å². The fourth-order valence-corrected chi connectivity index (χ4v) is 1.96. The number of fused-ring (bicyclic) bond motifs is 1. The topological polar surface area (TPSA) is 53.4 Å². The van der Waals surface area contributed by atoms with Gasteiger partial charge in [0.05, 0.1) is 5.52 Å². The van der Waals surface area contributed by atoms with Gasteiger partial charge in [0.2, 0.25) is 5.88 Å². The summed E-state index contributed by atoms with van der Waals surface area (Å²) in [5.41, 5.74) is 2.25. The van der Waals surface area contributed by atoms with E-state index in [0.717, 1.165) is 16.5 Å². The van der Waals surface area contributed by atoms with Crippen molar-refractivity contribution in [3.8, 4) is 22.8 Å². The third kappa shape index (κ3) is 1.76. The highest BCUT2D eigenvalue weighted by molar-refractivity contribution is 5.86. The molecule has 2 N–H and O–H groups in total. The van der Waals surface area contributed by atoms with Crippen molar-refractivity contribution in [3.05, 3.63) is 54.6 Å². The maximum atomic E-state index is 9.96. The highest BCUT2D eigenvalue weighted by Crippen LogP contribution is 2.31. The van der Waals surface area contributed by atoms with Crippen LogP contribution in [0.15, 0.2) is 54.6 Å². The molecule has 0 aliphatic carbocycles. The monoisotopic (exact) mass is 237 g/mol. The van der Waals surface area contributed by atoms with Crippen molar-refractivity contribution in [2.75, 3.05) is 0 Å². The van der Waals surface area contributed by atoms with Gasteiger partial charge in [0.15, 0.2) is 0 Å². The summed E-state index contributed by atoms with van der Waals surface area (Å²) in [5, 5.41) is 20.2. The lowest BCUT2D eigenvalue weighted by Gasteiger charge is -2.06. The molecule has 18 heavy (non-hydrogen) atoms. The van der Waals surface area contributed by atoms with E-state index in [-0.39, 0.29) is 11.6 Å². The minimum atomic E-state index is -0.000565. The minimum absolute atomic E-state index is 0.000565. The second kappa shape index (κ2) is 4.04. The fourth-order valence-electron chi connectivity index (χ4n) is 1.96. The van der Waals surface area contributed by atoms with Crippen molar-refractivity contribution in [2.24, 2.45) is 0 Å². The van der Waals surface area contributed by atoms with Crippen molar-refractivity contribution >= 4 is 10.9 Å². The molecule has 0 spiro atoms. The van der Waals surface area contributed by atoms with Crippen molar-refractivity contribution in [2.45, 2.75) is 0 Å². The van der Waals surface area contributed by atoms with E-state index < -0.39 is 0 Å². The van der Waals surface area contributed by atoms with Crippen LogP contribution < -0.4 is 0 Å². The van der Waals surface area contributed by atoms with Gasteiger partial charge in [-0.15, -0.1) is 0 Å². The molecule has 1 heterocycles. The molecule has 0 fully saturated rings. The van der Waals surface area contributed by atoms with Crippen LogP contribution in [-0.4, -0.2) is 15.2 Å². The minimum Gasteiger partial charge on any atom is -0.508 e. The van der Waals surface area contributed by atoms with Crippen LogP contribution >= 0.6 is 0 Å². The summed E-state index contributed by atoms with van der Waals surface area (Å²) in [6.45, 7) is 0. The van der Waals surface area contributed by atoms with E-state index in [1.807, 2.05) is 30.3 Å². The number of hydrogen-bond donors (Lipinski definition) is 2. The highest BCUT2D eigenvalue weighted by atomic mass is 16.3. The number of nitrogens with zero attached hydrogens (tertiary/aromatic N) is 1. The first-order chi connectivity index (χ1) is 8.74. The lowest BCUT2D eigenvalue weighted by Crippen LogP contribution is -1.85. The van der Waals surface area contributed by atoms with Crippen molar-refractivity contribution < 1.29 is 10.2 Å². The van der Waals surface area contributed by atoms with Crippen molar-refractivity contribution in [1.82, 2.24) is 4.98 Å².